The molecule has 0 radical (unpaired) electrons. The Balaban J connectivity index is 1.57. The third-order valence-corrected chi connectivity index (χ3v) is 5.77. The minimum absolute atomic E-state index is 0.0112. The van der Waals surface area contributed by atoms with Gasteiger partial charge < -0.3 is 19.0 Å². The highest BCUT2D eigenvalue weighted by Gasteiger charge is 2.31. The van der Waals surface area contributed by atoms with Gasteiger partial charge in [0.2, 0.25) is 0 Å². The summed E-state index contributed by atoms with van der Waals surface area (Å²) in [6.07, 6.45) is -1.90. The number of piperazine rings is 1. The second kappa shape index (κ2) is 7.58. The molecule has 1 aromatic carbocycles. The van der Waals surface area contributed by atoms with Crippen LogP contribution in [0.3, 0.4) is 0 Å². The van der Waals surface area contributed by atoms with E-state index in [9.17, 15) is 18.0 Å². The number of aromatic nitrogens is 2. The molecule has 0 saturated carbocycles. The van der Waals surface area contributed by atoms with Crippen LogP contribution in [0, 0.1) is 5.82 Å². The highest BCUT2D eigenvalue weighted by atomic mass is 19.4. The highest BCUT2D eigenvalue weighted by molar-refractivity contribution is 5.85. The molecule has 1 fully saturated rings. The SMILES string of the molecule is CC1CN(c2cc(F)c3cc(-c4cn5ccc(C(F)(F)F)cc5n4)c(=O)oc3c2)CC(C)N1. The number of hydrogen-bond acceptors (Lipinski definition) is 5. The lowest BCUT2D eigenvalue weighted by Crippen LogP contribution is -2.54. The van der Waals surface area contributed by atoms with Crippen molar-refractivity contribution in [2.24, 2.45) is 0 Å². The Kier molecular flexibility index (Phi) is 4.93. The van der Waals surface area contributed by atoms with Gasteiger partial charge in [-0.05, 0) is 38.1 Å². The summed E-state index contributed by atoms with van der Waals surface area (Å²) in [4.78, 5) is 18.9. The van der Waals surface area contributed by atoms with E-state index >= 15 is 4.39 Å². The molecule has 0 amide bonds. The molecule has 4 heterocycles. The largest absolute Gasteiger partial charge is 0.422 e. The van der Waals surface area contributed by atoms with Crippen LogP contribution in [0.25, 0.3) is 27.9 Å². The summed E-state index contributed by atoms with van der Waals surface area (Å²) in [6.45, 7) is 5.44. The minimum atomic E-state index is -4.52. The van der Waals surface area contributed by atoms with E-state index in [0.717, 1.165) is 12.1 Å². The summed E-state index contributed by atoms with van der Waals surface area (Å²) in [5.74, 6) is -0.561. The maximum absolute atomic E-state index is 15.1. The van der Waals surface area contributed by atoms with Crippen LogP contribution in [-0.4, -0.2) is 34.6 Å². The first-order valence-corrected chi connectivity index (χ1v) is 10.4. The number of rotatable bonds is 2. The van der Waals surface area contributed by atoms with Crippen LogP contribution in [0.5, 0.6) is 0 Å². The van der Waals surface area contributed by atoms with Crippen molar-refractivity contribution >= 4 is 22.3 Å². The molecule has 33 heavy (non-hydrogen) atoms. The first-order valence-electron chi connectivity index (χ1n) is 10.4. The van der Waals surface area contributed by atoms with Gasteiger partial charge >= 0.3 is 11.8 Å². The summed E-state index contributed by atoms with van der Waals surface area (Å²) in [5.41, 5.74) is -0.816. The fourth-order valence-electron chi connectivity index (χ4n) is 4.35. The zero-order valence-corrected chi connectivity index (χ0v) is 17.8. The Bertz CT molecular complexity index is 1420. The molecule has 6 nitrogen and oxygen atoms in total. The summed E-state index contributed by atoms with van der Waals surface area (Å²) >= 11 is 0. The summed E-state index contributed by atoms with van der Waals surface area (Å²) < 4.78 is 60.8. The van der Waals surface area contributed by atoms with Gasteiger partial charge in [0.1, 0.15) is 17.0 Å². The van der Waals surface area contributed by atoms with Crippen molar-refractivity contribution in [2.75, 3.05) is 18.0 Å². The van der Waals surface area contributed by atoms with Gasteiger partial charge in [-0.15, -0.1) is 0 Å². The zero-order chi connectivity index (χ0) is 23.5. The molecule has 2 atom stereocenters. The number of anilines is 1. The lowest BCUT2D eigenvalue weighted by molar-refractivity contribution is -0.137. The van der Waals surface area contributed by atoms with Gasteiger partial charge in [-0.1, -0.05) is 0 Å². The van der Waals surface area contributed by atoms with Gasteiger partial charge in [-0.3, -0.25) is 0 Å². The number of nitrogens with one attached hydrogen (secondary N) is 1. The second-order valence-electron chi connectivity index (χ2n) is 8.47. The third-order valence-electron chi connectivity index (χ3n) is 5.77. The molecule has 1 aliphatic heterocycles. The van der Waals surface area contributed by atoms with Crippen molar-refractivity contribution < 1.29 is 22.0 Å². The van der Waals surface area contributed by atoms with Crippen molar-refractivity contribution in [1.82, 2.24) is 14.7 Å². The number of hydrogen-bond donors (Lipinski definition) is 1. The average Bonchev–Trinajstić information content (AvgIpc) is 3.15. The molecule has 4 aromatic rings. The van der Waals surface area contributed by atoms with Crippen molar-refractivity contribution in [2.45, 2.75) is 32.1 Å². The Morgan fingerprint density at radius 3 is 2.55 bits per heavy atom. The van der Waals surface area contributed by atoms with E-state index in [-0.39, 0.29) is 40.0 Å². The van der Waals surface area contributed by atoms with Gasteiger partial charge in [0.05, 0.1) is 22.2 Å². The number of imidazole rings is 1. The molecule has 0 bridgehead atoms. The van der Waals surface area contributed by atoms with E-state index in [4.69, 9.17) is 4.42 Å². The lowest BCUT2D eigenvalue weighted by atomic mass is 10.1. The van der Waals surface area contributed by atoms with Crippen LogP contribution in [-0.2, 0) is 6.18 Å². The Labute approximate surface area is 185 Å². The second-order valence-corrected chi connectivity index (χ2v) is 8.47. The van der Waals surface area contributed by atoms with Crippen molar-refractivity contribution in [3.8, 4) is 11.3 Å². The lowest BCUT2D eigenvalue weighted by Gasteiger charge is -2.37. The molecular weight excluding hydrogens is 440 g/mol. The summed E-state index contributed by atoms with van der Waals surface area (Å²) in [6, 6.07) is 6.60. The van der Waals surface area contributed by atoms with Crippen molar-refractivity contribution in [3.63, 3.8) is 0 Å². The van der Waals surface area contributed by atoms with Gasteiger partial charge in [0.25, 0.3) is 0 Å². The maximum atomic E-state index is 15.1. The Hall–Kier alpha value is -3.40. The molecule has 1 aliphatic rings. The fraction of sp³-hybridized carbons (Fsp3) is 0.304. The quantitative estimate of drug-likeness (QED) is 0.354. The molecular formula is C23H20F4N4O2. The van der Waals surface area contributed by atoms with E-state index in [0.29, 0.717) is 18.8 Å². The Morgan fingerprint density at radius 2 is 1.85 bits per heavy atom. The topological polar surface area (TPSA) is 62.8 Å². The predicted molar refractivity (Wildman–Crippen MR) is 116 cm³/mol. The van der Waals surface area contributed by atoms with Crippen molar-refractivity contribution in [1.29, 1.82) is 0 Å². The van der Waals surface area contributed by atoms with Gasteiger partial charge in [-0.2, -0.15) is 13.2 Å². The molecule has 5 rings (SSSR count). The van der Waals surface area contributed by atoms with E-state index in [1.54, 1.807) is 6.07 Å². The van der Waals surface area contributed by atoms with Gasteiger partial charge in [0, 0.05) is 49.3 Å². The number of halogens is 4. The van der Waals surface area contributed by atoms with Crippen LogP contribution in [0.4, 0.5) is 23.2 Å². The van der Waals surface area contributed by atoms with E-state index in [1.165, 1.54) is 28.9 Å². The first-order chi connectivity index (χ1) is 15.6. The molecule has 1 N–H and O–H groups in total. The molecule has 1 saturated heterocycles. The smallest absolute Gasteiger partial charge is 0.416 e. The van der Waals surface area contributed by atoms with E-state index < -0.39 is 23.2 Å². The highest BCUT2D eigenvalue weighted by Crippen LogP contribution is 2.31. The van der Waals surface area contributed by atoms with Crippen LogP contribution >= 0.6 is 0 Å². The standard InChI is InChI=1S/C23H20F4N4O2/c1-12-9-31(10-13(2)28-12)15-6-18(24)16-8-17(22(32)33-20(16)7-15)19-11-30-4-3-14(23(25,26)27)5-21(30)29-19/h3-8,11-13,28H,9-10H2,1-2H3. The molecule has 2 unspecified atom stereocenters. The van der Waals surface area contributed by atoms with E-state index in [1.807, 2.05) is 18.7 Å². The molecule has 0 aliphatic carbocycles. The fourth-order valence-corrected chi connectivity index (χ4v) is 4.35. The maximum Gasteiger partial charge on any atom is 0.416 e. The first kappa shape index (κ1) is 21.4. The van der Waals surface area contributed by atoms with Gasteiger partial charge in [0.15, 0.2) is 0 Å². The van der Waals surface area contributed by atoms with Gasteiger partial charge in [-0.25, -0.2) is 14.2 Å². The normalized spacial score (nSPS) is 19.5. The summed E-state index contributed by atoms with van der Waals surface area (Å²) in [5, 5.41) is 3.50. The summed E-state index contributed by atoms with van der Waals surface area (Å²) in [7, 11) is 0. The molecule has 0 spiro atoms. The number of nitrogens with zero attached hydrogens (tertiary/aromatic N) is 3. The third kappa shape index (κ3) is 3.95. The number of benzene rings is 1. The Morgan fingerprint density at radius 1 is 1.12 bits per heavy atom. The zero-order valence-electron chi connectivity index (χ0n) is 17.8. The molecule has 3 aromatic heterocycles. The van der Waals surface area contributed by atoms with Crippen LogP contribution < -0.4 is 15.8 Å². The van der Waals surface area contributed by atoms with Crippen LogP contribution in [0.15, 0.2) is 51.9 Å². The van der Waals surface area contributed by atoms with Crippen LogP contribution in [0.2, 0.25) is 0 Å². The van der Waals surface area contributed by atoms with E-state index in [2.05, 4.69) is 10.3 Å². The van der Waals surface area contributed by atoms with Crippen LogP contribution in [0.1, 0.15) is 19.4 Å². The molecule has 172 valence electrons. The number of pyridine rings is 1. The number of alkyl halides is 3. The monoisotopic (exact) mass is 460 g/mol. The number of fused-ring (bicyclic) bond motifs is 2. The van der Waals surface area contributed by atoms with Crippen molar-refractivity contribution in [3.05, 3.63) is 64.5 Å². The minimum Gasteiger partial charge on any atom is -0.422 e. The average molecular weight is 460 g/mol. The predicted octanol–water partition coefficient (Wildman–Crippen LogP) is 4.45. The molecule has 10 heteroatoms.